The van der Waals surface area contributed by atoms with E-state index in [1.165, 1.54) is 24.3 Å². The van der Waals surface area contributed by atoms with E-state index in [9.17, 15) is 55.2 Å². The number of aliphatic hydroxyl groups is 1. The maximum absolute atomic E-state index is 12.2. The maximum Gasteiger partial charge on any atom is 0.348 e. The number of phenolic OH excluding ortho intramolecular Hbond substituents is 5. The molecular weight excluding hydrogens is 532 g/mol. The van der Waals surface area contributed by atoms with Crippen molar-refractivity contribution in [1.29, 1.82) is 0 Å². The topological polar surface area (TPSA) is 232 Å². The predicted octanol–water partition coefficient (Wildman–Crippen LogP) is 2.03. The Morgan fingerprint density at radius 3 is 1.98 bits per heavy atom. The Morgan fingerprint density at radius 1 is 0.750 bits per heavy atom. The van der Waals surface area contributed by atoms with Gasteiger partial charge in [-0.25, -0.2) is 14.4 Å². The second-order valence-electron chi connectivity index (χ2n) is 8.42. The van der Waals surface area contributed by atoms with Crippen LogP contribution in [0.2, 0.25) is 0 Å². The van der Waals surface area contributed by atoms with Crippen molar-refractivity contribution in [3.8, 4) is 34.5 Å². The number of carboxylic acid groups (broad SMARTS) is 2. The first-order chi connectivity index (χ1) is 18.8. The number of esters is 1. The third kappa shape index (κ3) is 7.33. The number of ether oxygens (including phenoxy) is 2. The molecule has 40 heavy (non-hydrogen) atoms. The third-order valence-electron chi connectivity index (χ3n) is 5.51. The molecule has 0 fully saturated rings. The van der Waals surface area contributed by atoms with Crippen LogP contribution in [0.5, 0.6) is 34.5 Å². The van der Waals surface area contributed by atoms with Gasteiger partial charge in [0.1, 0.15) is 6.10 Å². The van der Waals surface area contributed by atoms with Gasteiger partial charge in [0.15, 0.2) is 34.5 Å². The van der Waals surface area contributed by atoms with E-state index in [1.54, 1.807) is 0 Å². The van der Waals surface area contributed by atoms with Crippen molar-refractivity contribution < 1.29 is 64.7 Å². The van der Waals surface area contributed by atoms with Gasteiger partial charge in [-0.3, -0.25) is 0 Å². The SMILES string of the molecule is O=C(/C=C/c1ccc(O[C@@H](C(=O)O)[C@@H](O)c2ccc(O)c(O)c2)c(O)c1)O[C@H](Cc1ccc(O)c(O)c1)C(=O)O. The van der Waals surface area contributed by atoms with Crippen molar-refractivity contribution in [2.45, 2.75) is 24.7 Å². The standard InChI is InChI=1S/C27H24O13/c28-16-5-1-14(10-18(16)30)11-22(26(35)36)39-23(33)8-3-13-2-7-21(20(32)9-13)40-25(27(37)38)24(34)15-4-6-17(29)19(31)12-15/h1-10,12,22,24-25,28-32,34H,11H2,(H,35,36)(H,37,38)/b8-3+/t22-,24+,25-/m1/s1. The molecule has 0 heterocycles. The molecule has 0 aliphatic heterocycles. The summed E-state index contributed by atoms with van der Waals surface area (Å²) >= 11 is 0. The number of aromatic hydroxyl groups is 5. The highest BCUT2D eigenvalue weighted by molar-refractivity contribution is 5.89. The largest absolute Gasteiger partial charge is 0.504 e. The molecule has 13 heteroatoms. The minimum Gasteiger partial charge on any atom is -0.504 e. The van der Waals surface area contributed by atoms with Crippen LogP contribution >= 0.6 is 0 Å². The lowest BCUT2D eigenvalue weighted by Gasteiger charge is -2.21. The lowest BCUT2D eigenvalue weighted by Crippen LogP contribution is -2.33. The summed E-state index contributed by atoms with van der Waals surface area (Å²) < 4.78 is 10.2. The Kier molecular flexibility index (Phi) is 9.04. The molecule has 0 saturated carbocycles. The van der Waals surface area contributed by atoms with E-state index in [4.69, 9.17) is 9.47 Å². The molecule has 3 atom stereocenters. The lowest BCUT2D eigenvalue weighted by atomic mass is 10.0. The van der Waals surface area contributed by atoms with Crippen LogP contribution in [0, 0.1) is 0 Å². The Balaban J connectivity index is 1.68. The highest BCUT2D eigenvalue weighted by Gasteiger charge is 2.31. The van der Waals surface area contributed by atoms with Crippen LogP contribution < -0.4 is 4.74 Å². The van der Waals surface area contributed by atoms with E-state index in [-0.39, 0.29) is 28.9 Å². The first-order valence-corrected chi connectivity index (χ1v) is 11.4. The zero-order valence-corrected chi connectivity index (χ0v) is 20.4. The molecule has 210 valence electrons. The van der Waals surface area contributed by atoms with E-state index < -0.39 is 65.0 Å². The van der Waals surface area contributed by atoms with Crippen LogP contribution in [-0.2, 0) is 25.5 Å². The Morgan fingerprint density at radius 2 is 1.40 bits per heavy atom. The molecule has 0 radical (unpaired) electrons. The second kappa shape index (κ2) is 12.4. The number of carbonyl (C=O) groups excluding carboxylic acids is 1. The van der Waals surface area contributed by atoms with Gasteiger partial charge in [0.2, 0.25) is 12.2 Å². The fourth-order valence-electron chi connectivity index (χ4n) is 3.46. The number of hydrogen-bond acceptors (Lipinski definition) is 11. The molecule has 0 bridgehead atoms. The number of rotatable bonds is 11. The van der Waals surface area contributed by atoms with E-state index in [2.05, 4.69) is 0 Å². The van der Waals surface area contributed by atoms with E-state index >= 15 is 0 Å². The first-order valence-electron chi connectivity index (χ1n) is 11.4. The Hall–Kier alpha value is -5.43. The first kappa shape index (κ1) is 29.1. The van der Waals surface area contributed by atoms with Crippen LogP contribution in [0.3, 0.4) is 0 Å². The van der Waals surface area contributed by atoms with Crippen molar-refractivity contribution in [3.05, 3.63) is 77.4 Å². The smallest absolute Gasteiger partial charge is 0.348 e. The fourth-order valence-corrected chi connectivity index (χ4v) is 3.46. The Labute approximate surface area is 225 Å². The number of carbonyl (C=O) groups is 3. The van der Waals surface area contributed by atoms with Crippen LogP contribution in [0.1, 0.15) is 22.8 Å². The van der Waals surface area contributed by atoms with Gasteiger partial charge in [0.05, 0.1) is 0 Å². The van der Waals surface area contributed by atoms with E-state index in [1.807, 2.05) is 0 Å². The quantitative estimate of drug-likeness (QED) is 0.0961. The number of hydrogen-bond donors (Lipinski definition) is 8. The van der Waals surface area contributed by atoms with Gasteiger partial charge < -0.3 is 50.3 Å². The highest BCUT2D eigenvalue weighted by atomic mass is 16.6. The summed E-state index contributed by atoms with van der Waals surface area (Å²) in [4.78, 5) is 35.4. The third-order valence-corrected chi connectivity index (χ3v) is 5.51. The van der Waals surface area contributed by atoms with Gasteiger partial charge in [-0.1, -0.05) is 18.2 Å². The van der Waals surface area contributed by atoms with Crippen molar-refractivity contribution in [2.24, 2.45) is 0 Å². The van der Waals surface area contributed by atoms with Crippen molar-refractivity contribution >= 4 is 24.0 Å². The minimum absolute atomic E-state index is 0.0814. The fraction of sp³-hybridized carbons (Fsp3) is 0.148. The molecule has 0 aromatic heterocycles. The summed E-state index contributed by atoms with van der Waals surface area (Å²) in [7, 11) is 0. The summed E-state index contributed by atoms with van der Waals surface area (Å²) in [5.74, 6) is -6.92. The molecular formula is C27H24O13. The summed E-state index contributed by atoms with van der Waals surface area (Å²) in [6.07, 6.45) is -3.56. The van der Waals surface area contributed by atoms with Crippen LogP contribution in [0.4, 0.5) is 0 Å². The zero-order chi connectivity index (χ0) is 29.6. The molecule has 8 N–H and O–H groups in total. The summed E-state index contributed by atoms with van der Waals surface area (Å²) in [6.45, 7) is 0. The average Bonchev–Trinajstić information content (AvgIpc) is 2.89. The molecule has 3 aromatic carbocycles. The molecule has 0 aliphatic carbocycles. The van der Waals surface area contributed by atoms with Crippen molar-refractivity contribution in [2.75, 3.05) is 0 Å². The van der Waals surface area contributed by atoms with Gasteiger partial charge >= 0.3 is 17.9 Å². The van der Waals surface area contributed by atoms with Crippen molar-refractivity contribution in [3.63, 3.8) is 0 Å². The molecule has 13 nitrogen and oxygen atoms in total. The number of carboxylic acids is 2. The monoisotopic (exact) mass is 556 g/mol. The van der Waals surface area contributed by atoms with Crippen LogP contribution in [-0.4, -0.2) is 71.0 Å². The van der Waals surface area contributed by atoms with Gasteiger partial charge in [-0.05, 0) is 59.2 Å². The molecule has 3 rings (SSSR count). The number of aliphatic carboxylic acids is 2. The van der Waals surface area contributed by atoms with Gasteiger partial charge in [-0.2, -0.15) is 0 Å². The summed E-state index contributed by atoms with van der Waals surface area (Å²) in [5, 5.41) is 77.5. The highest BCUT2D eigenvalue weighted by Crippen LogP contribution is 2.33. The number of phenols is 5. The number of benzene rings is 3. The molecule has 0 unspecified atom stereocenters. The van der Waals surface area contributed by atoms with Crippen molar-refractivity contribution in [1.82, 2.24) is 0 Å². The molecule has 0 aliphatic rings. The minimum atomic E-state index is -1.92. The van der Waals surface area contributed by atoms with Crippen LogP contribution in [0.15, 0.2) is 60.7 Å². The summed E-state index contributed by atoms with van der Waals surface area (Å²) in [5.41, 5.74) is 0.419. The number of aliphatic hydroxyl groups excluding tert-OH is 1. The molecule has 0 spiro atoms. The van der Waals surface area contributed by atoms with Gasteiger partial charge in [-0.15, -0.1) is 0 Å². The summed E-state index contributed by atoms with van der Waals surface area (Å²) in [6, 6.07) is 10.4. The molecule has 3 aromatic rings. The van der Waals surface area contributed by atoms with Crippen LogP contribution in [0.25, 0.3) is 6.08 Å². The second-order valence-corrected chi connectivity index (χ2v) is 8.42. The molecule has 0 amide bonds. The zero-order valence-electron chi connectivity index (χ0n) is 20.4. The Bertz CT molecular complexity index is 1450. The molecule has 0 saturated heterocycles. The van der Waals surface area contributed by atoms with Gasteiger partial charge in [0, 0.05) is 12.5 Å². The maximum atomic E-state index is 12.2. The van der Waals surface area contributed by atoms with E-state index in [0.29, 0.717) is 0 Å². The predicted molar refractivity (Wildman–Crippen MR) is 135 cm³/mol. The van der Waals surface area contributed by atoms with Gasteiger partial charge in [0.25, 0.3) is 0 Å². The van der Waals surface area contributed by atoms with E-state index in [0.717, 1.165) is 42.5 Å². The average molecular weight is 556 g/mol. The lowest BCUT2D eigenvalue weighted by molar-refractivity contribution is -0.160. The normalized spacial score (nSPS) is 13.3.